The summed E-state index contributed by atoms with van der Waals surface area (Å²) in [4.78, 5) is -0.0308. The van der Waals surface area contributed by atoms with Crippen molar-refractivity contribution in [3.63, 3.8) is 0 Å². The third-order valence-corrected chi connectivity index (χ3v) is 3.34. The van der Waals surface area contributed by atoms with Crippen LogP contribution in [0.1, 0.15) is 18.1 Å². The smallest absolute Gasteiger partial charge is 0.150 e. The van der Waals surface area contributed by atoms with Crippen LogP contribution in [0.2, 0.25) is 0 Å². The van der Waals surface area contributed by atoms with E-state index in [4.69, 9.17) is 18.0 Å². The molecular weight excluding hydrogens is 290 g/mol. The molecule has 2 aromatic rings. The Labute approximate surface area is 128 Å². The topological polar surface area (TPSA) is 38.0 Å². The molecule has 0 bridgehead atoms. The minimum Gasteiger partial charge on any atom is -0.389 e. The van der Waals surface area contributed by atoms with Crippen molar-refractivity contribution in [2.24, 2.45) is 5.73 Å². The number of nitrogens with two attached hydrogens (primary N) is 1. The molecule has 0 radical (unpaired) electrons. The number of hydrogen-bond donors (Lipinski definition) is 2. The summed E-state index contributed by atoms with van der Waals surface area (Å²) in [5, 5.41) is 2.86. The molecule has 3 N–H and O–H groups in total. The first kappa shape index (κ1) is 15.4. The minimum atomic E-state index is -0.697. The van der Waals surface area contributed by atoms with Crippen molar-refractivity contribution in [2.45, 2.75) is 19.4 Å². The summed E-state index contributed by atoms with van der Waals surface area (Å²) in [6.07, 6.45) is 0.663. The molecule has 0 amide bonds. The summed E-state index contributed by atoms with van der Waals surface area (Å²) in [5.74, 6) is -1.39. The number of rotatable bonds is 5. The molecule has 0 fully saturated rings. The second-order valence-electron chi connectivity index (χ2n) is 4.91. The molecule has 0 saturated heterocycles. The van der Waals surface area contributed by atoms with Crippen LogP contribution in [0.3, 0.4) is 0 Å². The number of hydrogen-bond acceptors (Lipinski definition) is 2. The molecule has 1 atom stereocenters. The van der Waals surface area contributed by atoms with Crippen LogP contribution in [0.15, 0.2) is 42.5 Å². The Morgan fingerprint density at radius 2 is 1.76 bits per heavy atom. The van der Waals surface area contributed by atoms with Gasteiger partial charge in [-0.1, -0.05) is 42.5 Å². The molecule has 1 unspecified atom stereocenters. The first-order valence-electron chi connectivity index (χ1n) is 6.56. The van der Waals surface area contributed by atoms with Crippen LogP contribution in [0.25, 0.3) is 0 Å². The van der Waals surface area contributed by atoms with Crippen LogP contribution in [-0.2, 0) is 6.42 Å². The lowest BCUT2D eigenvalue weighted by Crippen LogP contribution is -2.20. The minimum absolute atomic E-state index is 0.0308. The molecule has 5 heteroatoms. The second kappa shape index (κ2) is 6.63. The molecule has 21 heavy (non-hydrogen) atoms. The van der Waals surface area contributed by atoms with Gasteiger partial charge in [-0.15, -0.1) is 0 Å². The highest BCUT2D eigenvalue weighted by Gasteiger charge is 2.14. The molecule has 0 aliphatic rings. The van der Waals surface area contributed by atoms with E-state index >= 15 is 0 Å². The van der Waals surface area contributed by atoms with E-state index in [2.05, 4.69) is 5.32 Å². The molecule has 0 aromatic heterocycles. The van der Waals surface area contributed by atoms with Gasteiger partial charge in [-0.3, -0.25) is 0 Å². The van der Waals surface area contributed by atoms with Crippen molar-refractivity contribution < 1.29 is 8.78 Å². The van der Waals surface area contributed by atoms with Gasteiger partial charge >= 0.3 is 0 Å². The Kier molecular flexibility index (Phi) is 4.85. The highest BCUT2D eigenvalue weighted by atomic mass is 32.1. The molecule has 2 rings (SSSR count). The summed E-state index contributed by atoms with van der Waals surface area (Å²) >= 11 is 4.72. The molecule has 0 heterocycles. The second-order valence-corrected chi connectivity index (χ2v) is 5.35. The van der Waals surface area contributed by atoms with Crippen molar-refractivity contribution >= 4 is 22.9 Å². The van der Waals surface area contributed by atoms with Crippen molar-refractivity contribution in [1.29, 1.82) is 0 Å². The largest absolute Gasteiger partial charge is 0.389 e. The first-order chi connectivity index (χ1) is 9.97. The zero-order valence-corrected chi connectivity index (χ0v) is 12.4. The van der Waals surface area contributed by atoms with Crippen LogP contribution in [0, 0.1) is 11.6 Å². The van der Waals surface area contributed by atoms with E-state index in [1.807, 2.05) is 37.3 Å². The van der Waals surface area contributed by atoms with Gasteiger partial charge in [0.15, 0.2) is 0 Å². The summed E-state index contributed by atoms with van der Waals surface area (Å²) in [7, 11) is 0. The summed E-state index contributed by atoms with van der Waals surface area (Å²) in [5.41, 5.74) is 6.51. The Morgan fingerprint density at radius 3 is 2.29 bits per heavy atom. The van der Waals surface area contributed by atoms with E-state index in [9.17, 15) is 8.78 Å². The average molecular weight is 306 g/mol. The van der Waals surface area contributed by atoms with Crippen LogP contribution < -0.4 is 11.1 Å². The van der Waals surface area contributed by atoms with Crippen molar-refractivity contribution in [1.82, 2.24) is 0 Å². The Morgan fingerprint density at radius 1 is 1.19 bits per heavy atom. The van der Waals surface area contributed by atoms with Crippen molar-refractivity contribution in [2.75, 3.05) is 5.32 Å². The van der Waals surface area contributed by atoms with Crippen molar-refractivity contribution in [3.05, 3.63) is 65.2 Å². The van der Waals surface area contributed by atoms with E-state index in [1.165, 1.54) is 0 Å². The standard InChI is InChI=1S/C16H16F2N2S/c1-10(7-11-5-3-2-4-6-11)20-15-13(17)8-12(16(19)21)9-14(15)18/h2-6,8-10,20H,7H2,1H3,(H2,19,21). The van der Waals surface area contributed by atoms with E-state index in [-0.39, 0.29) is 22.3 Å². The van der Waals surface area contributed by atoms with Gasteiger partial charge in [0.2, 0.25) is 0 Å². The number of anilines is 1. The zero-order chi connectivity index (χ0) is 15.4. The van der Waals surface area contributed by atoms with Crippen molar-refractivity contribution in [3.8, 4) is 0 Å². The van der Waals surface area contributed by atoms with Gasteiger partial charge in [-0.2, -0.15) is 0 Å². The van der Waals surface area contributed by atoms with Gasteiger partial charge in [0, 0.05) is 11.6 Å². The first-order valence-corrected chi connectivity index (χ1v) is 6.97. The Bertz CT molecular complexity index is 621. The number of thiocarbonyl (C=S) groups is 1. The fraction of sp³-hybridized carbons (Fsp3) is 0.188. The van der Waals surface area contributed by atoms with E-state index in [0.29, 0.717) is 6.42 Å². The zero-order valence-electron chi connectivity index (χ0n) is 11.6. The Hall–Kier alpha value is -2.01. The lowest BCUT2D eigenvalue weighted by Gasteiger charge is -2.17. The molecular formula is C16H16F2N2S. The lowest BCUT2D eigenvalue weighted by molar-refractivity contribution is 0.582. The molecule has 0 saturated carbocycles. The average Bonchev–Trinajstić information content (AvgIpc) is 2.43. The van der Waals surface area contributed by atoms with Gasteiger partial charge in [-0.05, 0) is 31.0 Å². The molecule has 2 nitrogen and oxygen atoms in total. The van der Waals surface area contributed by atoms with E-state index in [1.54, 1.807) is 0 Å². The normalized spacial score (nSPS) is 12.0. The molecule has 2 aromatic carbocycles. The number of halogens is 2. The third kappa shape index (κ3) is 3.98. The van der Waals surface area contributed by atoms with Crippen LogP contribution >= 0.6 is 12.2 Å². The van der Waals surface area contributed by atoms with Gasteiger partial charge in [0.05, 0.1) is 0 Å². The fourth-order valence-electron chi connectivity index (χ4n) is 2.12. The maximum absolute atomic E-state index is 14.0. The van der Waals surface area contributed by atoms with Crippen LogP contribution in [0.5, 0.6) is 0 Å². The number of benzene rings is 2. The molecule has 0 aliphatic heterocycles. The van der Waals surface area contributed by atoms with Gasteiger partial charge in [0.25, 0.3) is 0 Å². The Balaban J connectivity index is 2.14. The highest BCUT2D eigenvalue weighted by Crippen LogP contribution is 2.22. The maximum Gasteiger partial charge on any atom is 0.150 e. The number of nitrogens with one attached hydrogen (secondary N) is 1. The van der Waals surface area contributed by atoms with Gasteiger partial charge in [0.1, 0.15) is 22.3 Å². The third-order valence-electron chi connectivity index (χ3n) is 3.10. The molecule has 110 valence electrons. The summed E-state index contributed by atoms with van der Waals surface area (Å²) in [6, 6.07) is 11.9. The SMILES string of the molecule is CC(Cc1ccccc1)Nc1c(F)cc(C(N)=S)cc1F. The maximum atomic E-state index is 14.0. The van der Waals surface area contributed by atoms with Crippen LogP contribution in [-0.4, -0.2) is 11.0 Å². The summed E-state index contributed by atoms with van der Waals surface area (Å²) in [6.45, 7) is 1.87. The predicted octanol–water partition coefficient (Wildman–Crippen LogP) is 3.64. The fourth-order valence-corrected chi connectivity index (χ4v) is 2.24. The quantitative estimate of drug-likeness (QED) is 0.828. The van der Waals surface area contributed by atoms with E-state index in [0.717, 1.165) is 17.7 Å². The lowest BCUT2D eigenvalue weighted by atomic mass is 10.1. The van der Waals surface area contributed by atoms with Gasteiger partial charge < -0.3 is 11.1 Å². The monoisotopic (exact) mass is 306 g/mol. The predicted molar refractivity (Wildman–Crippen MR) is 85.5 cm³/mol. The molecule has 0 spiro atoms. The van der Waals surface area contributed by atoms with E-state index < -0.39 is 11.6 Å². The molecule has 0 aliphatic carbocycles. The highest BCUT2D eigenvalue weighted by molar-refractivity contribution is 7.80. The van der Waals surface area contributed by atoms with Crippen LogP contribution in [0.4, 0.5) is 14.5 Å². The van der Waals surface area contributed by atoms with Gasteiger partial charge in [-0.25, -0.2) is 8.78 Å². The summed E-state index contributed by atoms with van der Waals surface area (Å²) < 4.78 is 27.9.